The van der Waals surface area contributed by atoms with Gasteiger partial charge in [0, 0.05) is 6.42 Å². The molecule has 0 fully saturated rings. The third-order valence-electron chi connectivity index (χ3n) is 2.51. The molecule has 0 unspecified atom stereocenters. The Hall–Kier alpha value is -0.690. The monoisotopic (exact) mass is 266 g/mol. The highest BCUT2D eigenvalue weighted by Crippen LogP contribution is 2.11. The number of hydrogen-bond donors (Lipinski definition) is 5. The predicted molar refractivity (Wildman–Crippen MR) is 67.1 cm³/mol. The van der Waals surface area contributed by atoms with Crippen LogP contribution in [0.25, 0.3) is 0 Å². The minimum Gasteiger partial charge on any atom is -0.481 e. The van der Waals surface area contributed by atoms with E-state index >= 15 is 0 Å². The van der Waals surface area contributed by atoms with Crippen molar-refractivity contribution in [3.05, 3.63) is 0 Å². The first kappa shape index (κ1) is 19.6. The molecule has 18 heavy (non-hydrogen) atoms. The summed E-state index contributed by atoms with van der Waals surface area (Å²) in [5, 5.41) is 42.2. The zero-order valence-electron chi connectivity index (χ0n) is 11.2. The molecule has 0 amide bonds. The zero-order valence-corrected chi connectivity index (χ0v) is 11.2. The minimum atomic E-state index is -1.11. The van der Waals surface area contributed by atoms with E-state index in [0.717, 1.165) is 12.8 Å². The lowest BCUT2D eigenvalue weighted by Gasteiger charge is -2.23. The van der Waals surface area contributed by atoms with Crippen LogP contribution in [0.3, 0.4) is 0 Å². The van der Waals surface area contributed by atoms with Gasteiger partial charge in [-0.25, -0.2) is 0 Å². The van der Waals surface area contributed by atoms with Gasteiger partial charge in [0.1, 0.15) is 0 Å². The van der Waals surface area contributed by atoms with Gasteiger partial charge in [-0.05, 0) is 12.3 Å². The third kappa shape index (κ3) is 10.5. The first-order valence-corrected chi connectivity index (χ1v) is 6.02. The largest absolute Gasteiger partial charge is 0.481 e. The molecule has 6 nitrogen and oxygen atoms in total. The van der Waals surface area contributed by atoms with Gasteiger partial charge >= 0.3 is 5.97 Å². The van der Waals surface area contributed by atoms with Gasteiger partial charge in [0.15, 0.2) is 0 Å². The summed E-state index contributed by atoms with van der Waals surface area (Å²) in [6, 6.07) is 0. The topological polar surface area (TPSA) is 118 Å². The van der Waals surface area contributed by atoms with Crippen LogP contribution in [0.4, 0.5) is 0 Å². The molecule has 0 aliphatic carbocycles. The maximum atomic E-state index is 9.98. The average Bonchev–Trinajstić information content (AvgIpc) is 2.32. The Morgan fingerprint density at radius 3 is 1.56 bits per heavy atom. The molecule has 0 rings (SSSR count). The summed E-state index contributed by atoms with van der Waals surface area (Å²) in [4.78, 5) is 9.98. The van der Waals surface area contributed by atoms with Gasteiger partial charge in [0.25, 0.3) is 0 Å². The SMILES string of the molecule is CC(C)CCCC(=O)O.OCC(CO)(CO)CO. The van der Waals surface area contributed by atoms with E-state index in [9.17, 15) is 4.79 Å². The van der Waals surface area contributed by atoms with Crippen LogP contribution in [0.1, 0.15) is 33.1 Å². The van der Waals surface area contributed by atoms with E-state index in [1.165, 1.54) is 0 Å². The summed E-state index contributed by atoms with van der Waals surface area (Å²) in [5.74, 6) is -0.0556. The van der Waals surface area contributed by atoms with Crippen LogP contribution in [0.5, 0.6) is 0 Å². The van der Waals surface area contributed by atoms with Gasteiger partial charge in [0.05, 0.1) is 31.8 Å². The van der Waals surface area contributed by atoms with Gasteiger partial charge in [-0.3, -0.25) is 4.79 Å². The minimum absolute atomic E-state index is 0.318. The van der Waals surface area contributed by atoms with Crippen molar-refractivity contribution in [2.75, 3.05) is 26.4 Å². The Morgan fingerprint density at radius 2 is 1.39 bits per heavy atom. The molecule has 0 aromatic carbocycles. The van der Waals surface area contributed by atoms with Crippen LogP contribution < -0.4 is 0 Å². The van der Waals surface area contributed by atoms with Gasteiger partial charge in [-0.2, -0.15) is 0 Å². The molecule has 0 atom stereocenters. The zero-order chi connectivity index (χ0) is 14.6. The quantitative estimate of drug-likeness (QED) is 0.416. The van der Waals surface area contributed by atoms with E-state index in [0.29, 0.717) is 12.3 Å². The van der Waals surface area contributed by atoms with Gasteiger partial charge < -0.3 is 25.5 Å². The maximum absolute atomic E-state index is 9.98. The molecule has 5 N–H and O–H groups in total. The predicted octanol–water partition coefficient (Wildman–Crippen LogP) is -0.161. The highest BCUT2D eigenvalue weighted by molar-refractivity contribution is 5.66. The van der Waals surface area contributed by atoms with Crippen molar-refractivity contribution in [1.82, 2.24) is 0 Å². The third-order valence-corrected chi connectivity index (χ3v) is 2.51. The molecular weight excluding hydrogens is 240 g/mol. The first-order valence-electron chi connectivity index (χ1n) is 6.02. The van der Waals surface area contributed by atoms with Crippen molar-refractivity contribution in [3.63, 3.8) is 0 Å². The molecule has 0 bridgehead atoms. The summed E-state index contributed by atoms with van der Waals surface area (Å²) in [5.41, 5.74) is -1.11. The highest BCUT2D eigenvalue weighted by Gasteiger charge is 2.26. The molecule has 0 radical (unpaired) electrons. The molecule has 0 aliphatic heterocycles. The van der Waals surface area contributed by atoms with Crippen molar-refractivity contribution in [2.24, 2.45) is 11.3 Å². The summed E-state index contributed by atoms with van der Waals surface area (Å²) in [6.07, 6.45) is 2.15. The number of aliphatic hydroxyl groups is 4. The fourth-order valence-corrected chi connectivity index (χ4v) is 0.962. The van der Waals surface area contributed by atoms with E-state index < -0.39 is 37.8 Å². The number of aliphatic carboxylic acids is 1. The maximum Gasteiger partial charge on any atom is 0.303 e. The van der Waals surface area contributed by atoms with Crippen LogP contribution in [0.15, 0.2) is 0 Å². The molecule has 0 aliphatic rings. The lowest BCUT2D eigenvalue weighted by Crippen LogP contribution is -2.37. The Balaban J connectivity index is 0. The van der Waals surface area contributed by atoms with Crippen LogP contribution in [0, 0.1) is 11.3 Å². The van der Waals surface area contributed by atoms with Crippen molar-refractivity contribution in [1.29, 1.82) is 0 Å². The second-order valence-corrected chi connectivity index (χ2v) is 4.81. The standard InChI is InChI=1S/C7H14O2.C5H12O4/c1-6(2)4-3-5-7(8)9;6-1-5(2-7,3-8)4-9/h6H,3-5H2,1-2H3,(H,8,9);6-9H,1-4H2. The average molecular weight is 266 g/mol. The molecule has 0 heterocycles. The Morgan fingerprint density at radius 1 is 1.00 bits per heavy atom. The number of hydrogen-bond acceptors (Lipinski definition) is 5. The van der Waals surface area contributed by atoms with E-state index in [1.54, 1.807) is 0 Å². The number of carbonyl (C=O) groups is 1. The summed E-state index contributed by atoms with van der Waals surface area (Å²) < 4.78 is 0. The number of carboxylic acid groups (broad SMARTS) is 1. The molecule has 0 aromatic rings. The lowest BCUT2D eigenvalue weighted by molar-refractivity contribution is -0.137. The van der Waals surface area contributed by atoms with Crippen molar-refractivity contribution >= 4 is 5.97 Å². The van der Waals surface area contributed by atoms with Crippen LogP contribution in [0.2, 0.25) is 0 Å². The molecule has 110 valence electrons. The molecular formula is C12H26O6. The van der Waals surface area contributed by atoms with Crippen LogP contribution in [-0.2, 0) is 4.79 Å². The number of carboxylic acids is 1. The normalized spacial score (nSPS) is 11.1. The summed E-state index contributed by atoms with van der Waals surface area (Å²) in [7, 11) is 0. The smallest absolute Gasteiger partial charge is 0.303 e. The van der Waals surface area contributed by atoms with Crippen molar-refractivity contribution < 1.29 is 30.3 Å². The van der Waals surface area contributed by atoms with E-state index in [2.05, 4.69) is 13.8 Å². The van der Waals surface area contributed by atoms with Gasteiger partial charge in [-0.15, -0.1) is 0 Å². The fraction of sp³-hybridized carbons (Fsp3) is 0.917. The Bertz CT molecular complexity index is 183. The molecule has 0 saturated heterocycles. The van der Waals surface area contributed by atoms with Crippen LogP contribution >= 0.6 is 0 Å². The van der Waals surface area contributed by atoms with Crippen molar-refractivity contribution in [2.45, 2.75) is 33.1 Å². The summed E-state index contributed by atoms with van der Waals surface area (Å²) >= 11 is 0. The number of aliphatic hydroxyl groups excluding tert-OH is 4. The van der Waals surface area contributed by atoms with Crippen LogP contribution in [-0.4, -0.2) is 57.9 Å². The number of rotatable bonds is 8. The fourth-order valence-electron chi connectivity index (χ4n) is 0.962. The first-order chi connectivity index (χ1) is 8.37. The molecule has 6 heteroatoms. The highest BCUT2D eigenvalue weighted by atomic mass is 16.4. The lowest BCUT2D eigenvalue weighted by atomic mass is 9.93. The van der Waals surface area contributed by atoms with Gasteiger partial charge in [-0.1, -0.05) is 20.3 Å². The Labute approximate surface area is 108 Å². The second-order valence-electron chi connectivity index (χ2n) is 4.81. The Kier molecular flexibility index (Phi) is 12.4. The van der Waals surface area contributed by atoms with Crippen molar-refractivity contribution in [3.8, 4) is 0 Å². The van der Waals surface area contributed by atoms with Gasteiger partial charge in [0.2, 0.25) is 0 Å². The van der Waals surface area contributed by atoms with E-state index in [4.69, 9.17) is 25.5 Å². The molecule has 0 saturated carbocycles. The molecule has 0 aromatic heterocycles. The summed E-state index contributed by atoms with van der Waals surface area (Å²) in [6.45, 7) is 2.57. The second kappa shape index (κ2) is 11.4. The van der Waals surface area contributed by atoms with E-state index in [-0.39, 0.29) is 0 Å². The molecule has 0 spiro atoms. The van der Waals surface area contributed by atoms with E-state index in [1.807, 2.05) is 0 Å².